The molecule has 0 bridgehead atoms. The van der Waals surface area contributed by atoms with E-state index in [2.05, 4.69) is 23.3 Å². The van der Waals surface area contributed by atoms with Gasteiger partial charge in [0.1, 0.15) is 11.3 Å². The van der Waals surface area contributed by atoms with Crippen LogP contribution in [0.1, 0.15) is 22.3 Å². The van der Waals surface area contributed by atoms with Crippen molar-refractivity contribution >= 4 is 33.2 Å². The number of halogens is 1. The molecule has 219 valence electrons. The number of benzene rings is 1. The van der Waals surface area contributed by atoms with Crippen LogP contribution in [0.4, 0.5) is 10.1 Å². The number of carbonyl (C=O) groups is 3. The van der Waals surface area contributed by atoms with Crippen LogP contribution >= 0.6 is 0 Å². The molecule has 1 amide bonds. The number of primary amides is 1. The van der Waals surface area contributed by atoms with Gasteiger partial charge in [0, 0.05) is 5.92 Å². The van der Waals surface area contributed by atoms with Crippen molar-refractivity contribution < 1.29 is 66.2 Å². The number of ketones is 2. The number of carbonyl (C=O) groups excluding carboxylic acids is 3. The molecular formula is C24H28FN4O9RuS. The number of fused-ring (bicyclic) bond motifs is 3. The van der Waals surface area contributed by atoms with Crippen molar-refractivity contribution in [2.24, 2.45) is 17.6 Å². The van der Waals surface area contributed by atoms with Gasteiger partial charge in [0.05, 0.1) is 6.04 Å². The summed E-state index contributed by atoms with van der Waals surface area (Å²) in [6, 6.07) is -0.431. The maximum absolute atomic E-state index is 15.3. The van der Waals surface area contributed by atoms with Crippen molar-refractivity contribution in [3.63, 3.8) is 0 Å². The van der Waals surface area contributed by atoms with E-state index in [1.165, 1.54) is 22.6 Å². The van der Waals surface area contributed by atoms with Gasteiger partial charge in [-0.15, -0.1) is 0 Å². The van der Waals surface area contributed by atoms with E-state index in [9.17, 15) is 43.2 Å². The molecule has 0 saturated heterocycles. The van der Waals surface area contributed by atoms with Gasteiger partial charge in [0.2, 0.25) is 5.78 Å². The Balaban J connectivity index is 1.86. The Morgan fingerprint density at radius 1 is 1.25 bits per heavy atom. The summed E-state index contributed by atoms with van der Waals surface area (Å²) >= 11 is 2.17. The summed E-state index contributed by atoms with van der Waals surface area (Å²) in [5.74, 6) is -10.2. The molecule has 16 heteroatoms. The Labute approximate surface area is 239 Å². The molecule has 0 aromatic heterocycles. The van der Waals surface area contributed by atoms with Crippen LogP contribution in [0, 0.1) is 17.7 Å². The van der Waals surface area contributed by atoms with Gasteiger partial charge >= 0.3 is 160 Å². The third-order valence-electron chi connectivity index (χ3n) is 7.60. The Bertz CT molecular complexity index is 1510. The topological polar surface area (TPSA) is 211 Å². The number of aliphatic hydroxyl groups excluding tert-OH is 2. The number of phenols is 1. The molecule has 1 aromatic carbocycles. The zero-order valence-corrected chi connectivity index (χ0v) is 24.1. The van der Waals surface area contributed by atoms with Crippen LogP contribution in [0.2, 0.25) is 0 Å². The van der Waals surface area contributed by atoms with Gasteiger partial charge in [0.15, 0.2) is 0 Å². The molecule has 0 radical (unpaired) electrons. The molecule has 0 spiro atoms. The van der Waals surface area contributed by atoms with Crippen LogP contribution in [-0.2, 0) is 44.6 Å². The fourth-order valence-electron chi connectivity index (χ4n) is 5.81. The maximum atomic E-state index is 15.3. The number of allylic oxidation sites excluding steroid dienone is 1. The van der Waals surface area contributed by atoms with Crippen LogP contribution < -0.4 is 10.5 Å². The molecule has 0 fully saturated rings. The molecule has 0 aliphatic heterocycles. The Kier molecular flexibility index (Phi) is 7.65. The summed E-state index contributed by atoms with van der Waals surface area (Å²) in [6.45, 7) is 0.0839. The van der Waals surface area contributed by atoms with Gasteiger partial charge in [-0.05, 0) is 14.1 Å². The normalized spacial score (nSPS) is 26.6. The summed E-state index contributed by atoms with van der Waals surface area (Å²) < 4.78 is 43.9. The summed E-state index contributed by atoms with van der Waals surface area (Å²) in [7, 11) is 0.517. The summed E-state index contributed by atoms with van der Waals surface area (Å²) in [5.41, 5.74) is -0.472. The Hall–Kier alpha value is -2.91. The van der Waals surface area contributed by atoms with Crippen LogP contribution in [-0.4, -0.2) is 99.9 Å². The number of Topliss-reactive ketones (excluding diaryl/α,β-unsaturated/α-hetero) is 2. The van der Waals surface area contributed by atoms with Gasteiger partial charge in [-0.2, -0.15) is 0 Å². The number of aromatic hydroxyl groups is 1. The van der Waals surface area contributed by atoms with E-state index in [4.69, 9.17) is 5.73 Å². The number of anilines is 1. The zero-order chi connectivity index (χ0) is 30.1. The number of rotatable bonds is 7. The van der Waals surface area contributed by atoms with E-state index in [-0.39, 0.29) is 24.9 Å². The van der Waals surface area contributed by atoms with E-state index >= 15 is 4.39 Å². The van der Waals surface area contributed by atoms with Crippen molar-refractivity contribution in [3.05, 3.63) is 45.7 Å². The van der Waals surface area contributed by atoms with Gasteiger partial charge < -0.3 is 15.9 Å². The number of nitrogens with zero attached hydrogens (tertiary/aromatic N) is 2. The van der Waals surface area contributed by atoms with Gasteiger partial charge in [0.25, 0.3) is 5.91 Å². The van der Waals surface area contributed by atoms with Crippen molar-refractivity contribution in [2.45, 2.75) is 24.5 Å². The number of amides is 1. The van der Waals surface area contributed by atoms with Crippen molar-refractivity contribution in [1.29, 1.82) is 0 Å². The second-order valence-corrected chi connectivity index (χ2v) is 13.5. The van der Waals surface area contributed by atoms with Gasteiger partial charge in [-0.25, -0.2) is 0 Å². The van der Waals surface area contributed by atoms with Crippen LogP contribution in [0.5, 0.6) is 5.75 Å². The van der Waals surface area contributed by atoms with E-state index in [0.29, 0.717) is 0 Å². The first-order valence-corrected chi connectivity index (χ1v) is 14.4. The Morgan fingerprint density at radius 3 is 2.42 bits per heavy atom. The molecule has 0 heterocycles. The van der Waals surface area contributed by atoms with Crippen LogP contribution in [0.3, 0.4) is 0 Å². The minimum atomic E-state index is -4.08. The monoisotopic (exact) mass is 669 g/mol. The number of nitrogens with one attached hydrogen (secondary N) is 1. The molecule has 1 aromatic rings. The number of hydrogen-bond acceptors (Lipinski definition) is 11. The van der Waals surface area contributed by atoms with Crippen LogP contribution in [0.25, 0.3) is 0 Å². The quantitative estimate of drug-likeness (QED) is 0.123. The summed E-state index contributed by atoms with van der Waals surface area (Å²) in [4.78, 5) is 40.4. The molecule has 13 nitrogen and oxygen atoms in total. The molecule has 40 heavy (non-hydrogen) atoms. The predicted molar refractivity (Wildman–Crippen MR) is 134 cm³/mol. The number of sulfonamides is 1. The average Bonchev–Trinajstić information content (AvgIpc) is 2.82. The zero-order valence-electron chi connectivity index (χ0n) is 21.6. The third-order valence-corrected chi connectivity index (χ3v) is 9.24. The number of hydrogen-bond donors (Lipinski definition) is 6. The third kappa shape index (κ3) is 4.61. The van der Waals surface area contributed by atoms with Crippen molar-refractivity contribution in [3.8, 4) is 5.75 Å². The van der Waals surface area contributed by atoms with Gasteiger partial charge in [-0.3, -0.25) is 14.5 Å². The van der Waals surface area contributed by atoms with Gasteiger partial charge in [-0.1, -0.05) is 0 Å². The van der Waals surface area contributed by atoms with Crippen LogP contribution in [0.15, 0.2) is 28.7 Å². The first-order chi connectivity index (χ1) is 18.4. The second kappa shape index (κ2) is 10.2. The summed E-state index contributed by atoms with van der Waals surface area (Å²) in [5, 5.41) is 44.5. The van der Waals surface area contributed by atoms with E-state index < -0.39 is 102 Å². The van der Waals surface area contributed by atoms with Crippen molar-refractivity contribution in [1.82, 2.24) is 8.54 Å². The standard InChI is InChI=1S/C24H28FN4O9S.Ru/c1-27-4-5-39(37,38)28-13-8-12(25)10-6-9-7-11-17(29(2)3)20(32)16(23(26)35)22(34)24(11,36)21(33)14(9)19(31)15(10)18(13)30;/h8-9,11,17,28,30,32-33,36H,4-7H2,1-3H3,(H2,26,35);/q-1;+1/t9-,11-,17-,24-;/m0./s1. The molecule has 3 aliphatic carbocycles. The first kappa shape index (κ1) is 30.1. The Morgan fingerprint density at radius 2 is 1.88 bits per heavy atom. The SMILES string of the molecule is C[N]([Ru])CCS(=O)(=O)Nc1cc(F)c2c(c1O)C(=O)C1=C(O)[C@]3(O)C(=O)C(C(N)=O)=C(O)[C@@H](N(C)C)[C@@H]3C[C@@H]1C2. The van der Waals surface area contributed by atoms with E-state index in [1.807, 2.05) is 0 Å². The first-order valence-electron chi connectivity index (χ1n) is 12.0. The molecule has 0 saturated carbocycles. The molecular weight excluding hydrogens is 640 g/mol. The minimum absolute atomic E-state index is 0.0839. The van der Waals surface area contributed by atoms with E-state index in [0.717, 1.165) is 6.07 Å². The number of phenolic OH excluding ortho intramolecular Hbond substituents is 1. The molecule has 3 aliphatic rings. The second-order valence-electron chi connectivity index (χ2n) is 10.3. The van der Waals surface area contributed by atoms with E-state index in [1.54, 1.807) is 7.05 Å². The molecule has 7 N–H and O–H groups in total. The van der Waals surface area contributed by atoms with Crippen molar-refractivity contribution in [2.75, 3.05) is 38.2 Å². The predicted octanol–water partition coefficient (Wildman–Crippen LogP) is -0.605. The molecule has 4 rings (SSSR count). The number of aliphatic hydroxyl groups is 3. The fraction of sp³-hybridized carbons (Fsp3) is 0.458. The molecule has 0 unspecified atom stereocenters. The fourth-order valence-corrected chi connectivity index (χ4v) is 7.37. The number of nitrogens with two attached hydrogens (primary N) is 1. The average molecular weight is 669 g/mol. The molecule has 4 atom stereocenters. The number of likely N-dealkylation sites (N-methyl/N-ethyl adjacent to an activating group) is 1. The summed E-state index contributed by atoms with van der Waals surface area (Å²) in [6.07, 6.45) is -0.470.